The van der Waals surface area contributed by atoms with Crippen LogP contribution in [0.25, 0.3) is 6.08 Å². The van der Waals surface area contributed by atoms with Gasteiger partial charge in [0.25, 0.3) is 0 Å². The summed E-state index contributed by atoms with van der Waals surface area (Å²) in [5.41, 5.74) is 4.63. The molecule has 2 aliphatic heterocycles. The van der Waals surface area contributed by atoms with Gasteiger partial charge in [0.1, 0.15) is 5.75 Å². The van der Waals surface area contributed by atoms with Gasteiger partial charge in [0.15, 0.2) is 0 Å². The molecule has 1 aromatic carbocycles. The van der Waals surface area contributed by atoms with Crippen molar-refractivity contribution in [3.8, 4) is 5.75 Å². The Morgan fingerprint density at radius 3 is 2.66 bits per heavy atom. The minimum atomic E-state index is -0.932. The summed E-state index contributed by atoms with van der Waals surface area (Å²) in [5, 5.41) is 20.5. The van der Waals surface area contributed by atoms with E-state index in [2.05, 4.69) is 19.9 Å². The summed E-state index contributed by atoms with van der Waals surface area (Å²) in [7, 11) is -0.932. The van der Waals surface area contributed by atoms with Crippen molar-refractivity contribution in [2.24, 2.45) is 17.8 Å². The predicted molar refractivity (Wildman–Crippen MR) is 137 cm³/mol. The largest absolute Gasteiger partial charge is 0.508 e. The van der Waals surface area contributed by atoms with E-state index in [0.29, 0.717) is 25.7 Å². The number of hydrogen-bond donors (Lipinski definition) is 2. The summed E-state index contributed by atoms with van der Waals surface area (Å²) >= 11 is 0. The third-order valence-electron chi connectivity index (χ3n) is 7.82. The van der Waals surface area contributed by atoms with Crippen molar-refractivity contribution >= 4 is 25.0 Å². The number of phenols is 1. The molecule has 4 rings (SSSR count). The molecule has 0 spiro atoms. The molecule has 3 aliphatic rings. The van der Waals surface area contributed by atoms with Gasteiger partial charge < -0.3 is 14.8 Å². The van der Waals surface area contributed by atoms with Gasteiger partial charge in [-0.25, -0.2) is 0 Å². The maximum Gasteiger partial charge on any atom is 0.455 e. The van der Waals surface area contributed by atoms with Crippen LogP contribution in [0.1, 0.15) is 71.3 Å². The highest BCUT2D eigenvalue weighted by Crippen LogP contribution is 2.51. The van der Waals surface area contributed by atoms with Crippen LogP contribution in [0.2, 0.25) is 6.32 Å². The number of nitrogens with zero attached hydrogens (tertiary/aromatic N) is 1. The minimum absolute atomic E-state index is 0.0330. The Labute approximate surface area is 209 Å². The molecule has 0 unspecified atom stereocenters. The molecule has 1 aliphatic carbocycles. The zero-order chi connectivity index (χ0) is 25.1. The van der Waals surface area contributed by atoms with Gasteiger partial charge in [-0.2, -0.15) is 0 Å². The lowest BCUT2D eigenvalue weighted by Crippen LogP contribution is -2.46. The van der Waals surface area contributed by atoms with E-state index in [9.17, 15) is 19.7 Å². The maximum atomic E-state index is 13.3. The second-order valence-electron chi connectivity index (χ2n) is 10.2. The van der Waals surface area contributed by atoms with Crippen LogP contribution < -0.4 is 0 Å². The van der Waals surface area contributed by atoms with Crippen LogP contribution >= 0.6 is 0 Å². The van der Waals surface area contributed by atoms with Crippen LogP contribution in [0.5, 0.6) is 5.75 Å². The van der Waals surface area contributed by atoms with Gasteiger partial charge in [0.2, 0.25) is 11.8 Å². The van der Waals surface area contributed by atoms with Crippen LogP contribution in [0.4, 0.5) is 0 Å². The molecule has 2 N–H and O–H groups in total. The summed E-state index contributed by atoms with van der Waals surface area (Å²) in [6, 6.07) is 7.22. The number of carbonyl (C=O) groups is 2. The number of hydrogen-bond acceptors (Lipinski definition) is 5. The van der Waals surface area contributed by atoms with E-state index in [0.717, 1.165) is 37.7 Å². The van der Waals surface area contributed by atoms with Crippen LogP contribution in [0.15, 0.2) is 41.0 Å². The number of phenolic OH excluding ortho intramolecular Hbond substituents is 1. The molecule has 0 saturated carbocycles. The van der Waals surface area contributed by atoms with Crippen molar-refractivity contribution in [2.45, 2.75) is 78.1 Å². The van der Waals surface area contributed by atoms with E-state index in [-0.39, 0.29) is 41.4 Å². The average molecular weight is 479 g/mol. The minimum Gasteiger partial charge on any atom is -0.508 e. The van der Waals surface area contributed by atoms with Crippen LogP contribution in [0, 0.1) is 17.8 Å². The molecule has 0 radical (unpaired) electrons. The summed E-state index contributed by atoms with van der Waals surface area (Å²) in [6.07, 6.45) is 7.85. The van der Waals surface area contributed by atoms with Crippen LogP contribution in [0.3, 0.4) is 0 Å². The molecular weight excluding hydrogens is 441 g/mol. The smallest absolute Gasteiger partial charge is 0.455 e. The Kier molecular flexibility index (Phi) is 8.18. The first-order chi connectivity index (χ1) is 16.9. The maximum absolute atomic E-state index is 13.3. The first-order valence-corrected chi connectivity index (χ1v) is 13.3. The normalized spacial score (nSPS) is 26.9. The van der Waals surface area contributed by atoms with Crippen molar-refractivity contribution in [3.05, 3.63) is 46.5 Å². The molecular formula is C28H38BNO5. The number of amides is 2. The summed E-state index contributed by atoms with van der Waals surface area (Å²) in [4.78, 5) is 28.0. The molecule has 2 amide bonds. The molecule has 7 heteroatoms. The van der Waals surface area contributed by atoms with Crippen molar-refractivity contribution in [2.75, 3.05) is 6.54 Å². The first kappa shape index (κ1) is 25.7. The van der Waals surface area contributed by atoms with Crippen LogP contribution in [-0.2, 0) is 14.2 Å². The number of likely N-dealkylation sites (tertiary alicyclic amines) is 1. The van der Waals surface area contributed by atoms with Gasteiger partial charge >= 0.3 is 7.12 Å². The third-order valence-corrected chi connectivity index (χ3v) is 7.82. The van der Waals surface area contributed by atoms with Gasteiger partial charge in [-0.15, -0.1) is 0 Å². The molecule has 0 aromatic heterocycles. The molecule has 35 heavy (non-hydrogen) atoms. The van der Waals surface area contributed by atoms with Gasteiger partial charge in [-0.3, -0.25) is 14.5 Å². The highest BCUT2D eigenvalue weighted by Gasteiger charge is 2.56. The Morgan fingerprint density at radius 1 is 1.17 bits per heavy atom. The van der Waals surface area contributed by atoms with Crippen molar-refractivity contribution in [1.29, 1.82) is 0 Å². The van der Waals surface area contributed by atoms with Crippen molar-refractivity contribution in [1.82, 2.24) is 4.90 Å². The molecule has 6 nitrogen and oxygen atoms in total. The lowest BCUT2D eigenvalue weighted by Gasteiger charge is -2.43. The number of imide groups is 1. The van der Waals surface area contributed by atoms with E-state index in [4.69, 9.17) is 4.65 Å². The highest BCUT2D eigenvalue weighted by atomic mass is 16.5. The third kappa shape index (κ3) is 5.26. The second kappa shape index (κ2) is 11.1. The number of carbonyl (C=O) groups excluding carboxylic acids is 2. The summed E-state index contributed by atoms with van der Waals surface area (Å²) in [6.45, 7) is 6.71. The fourth-order valence-corrected chi connectivity index (χ4v) is 6.33. The molecule has 188 valence electrons. The Morgan fingerprint density at radius 2 is 1.97 bits per heavy atom. The molecule has 1 aromatic rings. The number of aromatic hydroxyl groups is 1. The van der Waals surface area contributed by atoms with E-state index < -0.39 is 7.12 Å². The SMILES string of the molecule is CCCC1=C2[C@@H](CC/C(=C/c3cccc(O)c3)CC)OB(O)C[C@@H]2[C@@H]2C(=O)N(CCC)C(=O)[C@@H]2C1. The zero-order valence-corrected chi connectivity index (χ0v) is 21.2. The number of fused-ring (bicyclic) bond motifs is 3. The van der Waals surface area contributed by atoms with Gasteiger partial charge in [-0.1, -0.05) is 56.5 Å². The number of benzene rings is 1. The topological polar surface area (TPSA) is 87.1 Å². The van der Waals surface area contributed by atoms with E-state index >= 15 is 0 Å². The highest BCUT2D eigenvalue weighted by molar-refractivity contribution is 6.43. The van der Waals surface area contributed by atoms with Gasteiger partial charge in [0, 0.05) is 6.54 Å². The average Bonchev–Trinajstić information content (AvgIpc) is 3.06. The molecule has 0 bridgehead atoms. The lowest BCUT2D eigenvalue weighted by atomic mass is 9.58. The van der Waals surface area contributed by atoms with Crippen molar-refractivity contribution in [3.63, 3.8) is 0 Å². The molecule has 2 heterocycles. The molecule has 4 atom stereocenters. The fourth-order valence-electron chi connectivity index (χ4n) is 6.33. The quantitative estimate of drug-likeness (QED) is 0.297. The monoisotopic (exact) mass is 479 g/mol. The number of allylic oxidation sites excluding steroid dienone is 2. The first-order valence-electron chi connectivity index (χ1n) is 13.3. The second-order valence-corrected chi connectivity index (χ2v) is 10.2. The van der Waals surface area contributed by atoms with Gasteiger partial charge in [0.05, 0.1) is 17.9 Å². The van der Waals surface area contributed by atoms with E-state index in [1.54, 1.807) is 12.1 Å². The molecule has 2 saturated heterocycles. The molecule has 2 fully saturated rings. The van der Waals surface area contributed by atoms with E-state index in [1.165, 1.54) is 21.6 Å². The Balaban J connectivity index is 1.61. The predicted octanol–water partition coefficient (Wildman–Crippen LogP) is 4.97. The number of rotatable bonds is 9. The Hall–Kier alpha value is -2.38. The van der Waals surface area contributed by atoms with Crippen molar-refractivity contribution < 1.29 is 24.4 Å². The van der Waals surface area contributed by atoms with Crippen LogP contribution in [-0.4, -0.2) is 46.6 Å². The van der Waals surface area contributed by atoms with E-state index in [1.807, 2.05) is 19.1 Å². The fraction of sp³-hybridized carbons (Fsp3) is 0.571. The zero-order valence-electron chi connectivity index (χ0n) is 21.2. The summed E-state index contributed by atoms with van der Waals surface area (Å²) in [5.74, 6) is -0.663. The lowest BCUT2D eigenvalue weighted by molar-refractivity contribution is -0.140. The Bertz CT molecular complexity index is 1020. The van der Waals surface area contributed by atoms with Gasteiger partial charge in [-0.05, 0) is 74.0 Å². The summed E-state index contributed by atoms with van der Waals surface area (Å²) < 4.78 is 6.10. The standard InChI is InChI=1S/C28H38BNO5/c1-4-8-20-16-22-26(28(33)30(13-5-2)27(22)32)23-17-29(34)35-24(25(20)23)12-11-18(6-3)14-19-9-7-10-21(31)15-19/h7,9-10,14-15,22-24,26,31,34H,4-6,8,11-13,16-17H2,1-3H3/b18-14+/t22-,23+,24-,26-/m1/s1.